The maximum absolute atomic E-state index is 12.8. The van der Waals surface area contributed by atoms with Gasteiger partial charge in [0.2, 0.25) is 0 Å². The Morgan fingerprint density at radius 2 is 1.88 bits per heavy atom. The molecule has 1 saturated heterocycles. The summed E-state index contributed by atoms with van der Waals surface area (Å²) >= 11 is 1.88. The van der Waals surface area contributed by atoms with E-state index >= 15 is 0 Å². The number of fused-ring (bicyclic) bond motifs is 2. The lowest BCUT2D eigenvalue weighted by molar-refractivity contribution is 0.0221. The summed E-state index contributed by atoms with van der Waals surface area (Å²) in [5, 5.41) is 4.51. The number of rotatable bonds is 2. The van der Waals surface area contributed by atoms with Gasteiger partial charge < -0.3 is 4.90 Å². The molecule has 2 aliphatic heterocycles. The van der Waals surface area contributed by atoms with Crippen molar-refractivity contribution in [1.29, 1.82) is 0 Å². The molecule has 25 heavy (non-hydrogen) atoms. The SMILES string of the molecule is O=C(c1ccc2ccccc2c1)N1CC(N2CCc3sccc3C2)C1. The van der Waals surface area contributed by atoms with Gasteiger partial charge in [-0.15, -0.1) is 11.3 Å². The van der Waals surface area contributed by atoms with Crippen molar-refractivity contribution in [2.45, 2.75) is 19.0 Å². The summed E-state index contributed by atoms with van der Waals surface area (Å²) < 4.78 is 0. The van der Waals surface area contributed by atoms with Crippen molar-refractivity contribution in [3.05, 3.63) is 69.9 Å². The molecule has 3 nitrogen and oxygen atoms in total. The Balaban J connectivity index is 1.26. The van der Waals surface area contributed by atoms with Crippen LogP contribution in [0, 0.1) is 0 Å². The lowest BCUT2D eigenvalue weighted by atomic mass is 10.00. The number of benzene rings is 2. The second-order valence-corrected chi connectivity index (χ2v) is 8.02. The third-order valence-corrected chi connectivity index (χ3v) is 6.52. The molecule has 1 amide bonds. The van der Waals surface area contributed by atoms with Gasteiger partial charge in [0.05, 0.1) is 0 Å². The Hall–Kier alpha value is -2.17. The van der Waals surface area contributed by atoms with Crippen molar-refractivity contribution >= 4 is 28.0 Å². The zero-order valence-electron chi connectivity index (χ0n) is 14.0. The largest absolute Gasteiger partial charge is 0.335 e. The molecule has 0 bridgehead atoms. The second-order valence-electron chi connectivity index (χ2n) is 7.02. The van der Waals surface area contributed by atoms with Gasteiger partial charge in [0.1, 0.15) is 0 Å². The van der Waals surface area contributed by atoms with E-state index in [2.05, 4.69) is 28.5 Å². The first-order valence-corrected chi connectivity index (χ1v) is 9.73. The Labute approximate surface area is 151 Å². The summed E-state index contributed by atoms with van der Waals surface area (Å²) in [6.07, 6.45) is 1.15. The van der Waals surface area contributed by atoms with Crippen LogP contribution >= 0.6 is 11.3 Å². The monoisotopic (exact) mass is 348 g/mol. The predicted octanol–water partition coefficient (Wildman–Crippen LogP) is 3.78. The molecule has 0 N–H and O–H groups in total. The van der Waals surface area contributed by atoms with Crippen molar-refractivity contribution in [3.63, 3.8) is 0 Å². The average molecular weight is 348 g/mol. The number of hydrogen-bond donors (Lipinski definition) is 0. The van der Waals surface area contributed by atoms with Crippen LogP contribution in [0.25, 0.3) is 10.8 Å². The minimum atomic E-state index is 0.162. The number of carbonyl (C=O) groups is 1. The molecule has 0 saturated carbocycles. The highest BCUT2D eigenvalue weighted by molar-refractivity contribution is 7.10. The minimum absolute atomic E-state index is 0.162. The van der Waals surface area contributed by atoms with Gasteiger partial charge in [-0.2, -0.15) is 0 Å². The van der Waals surface area contributed by atoms with Gasteiger partial charge in [0.25, 0.3) is 5.91 Å². The van der Waals surface area contributed by atoms with Gasteiger partial charge in [0.15, 0.2) is 0 Å². The fraction of sp³-hybridized carbons (Fsp3) is 0.286. The highest BCUT2D eigenvalue weighted by Gasteiger charge is 2.36. The molecule has 1 aromatic heterocycles. The van der Waals surface area contributed by atoms with Crippen molar-refractivity contribution in [3.8, 4) is 0 Å². The molecule has 2 aromatic carbocycles. The van der Waals surface area contributed by atoms with Crippen molar-refractivity contribution < 1.29 is 4.79 Å². The van der Waals surface area contributed by atoms with E-state index in [0.29, 0.717) is 6.04 Å². The molecule has 0 aliphatic carbocycles. The topological polar surface area (TPSA) is 23.6 Å². The van der Waals surface area contributed by atoms with Crippen LogP contribution < -0.4 is 0 Å². The van der Waals surface area contributed by atoms with Gasteiger partial charge >= 0.3 is 0 Å². The lowest BCUT2D eigenvalue weighted by Crippen LogP contribution is -2.61. The van der Waals surface area contributed by atoms with Crippen LogP contribution in [0.2, 0.25) is 0 Å². The summed E-state index contributed by atoms with van der Waals surface area (Å²) in [5.41, 5.74) is 2.28. The highest BCUT2D eigenvalue weighted by atomic mass is 32.1. The van der Waals surface area contributed by atoms with Gasteiger partial charge in [-0.1, -0.05) is 30.3 Å². The third-order valence-electron chi connectivity index (χ3n) is 5.50. The van der Waals surface area contributed by atoms with Crippen LogP contribution in [0.15, 0.2) is 53.9 Å². The van der Waals surface area contributed by atoms with Crippen LogP contribution in [-0.4, -0.2) is 41.4 Å². The Morgan fingerprint density at radius 1 is 1.04 bits per heavy atom. The number of amides is 1. The molecule has 5 rings (SSSR count). The van der Waals surface area contributed by atoms with E-state index in [1.807, 2.05) is 46.6 Å². The zero-order valence-corrected chi connectivity index (χ0v) is 14.8. The molecule has 3 heterocycles. The third kappa shape index (κ3) is 2.66. The van der Waals surface area contributed by atoms with Crippen molar-refractivity contribution in [2.24, 2.45) is 0 Å². The van der Waals surface area contributed by atoms with Crippen LogP contribution in [0.1, 0.15) is 20.8 Å². The molecule has 0 unspecified atom stereocenters. The summed E-state index contributed by atoms with van der Waals surface area (Å²) in [7, 11) is 0. The highest BCUT2D eigenvalue weighted by Crippen LogP contribution is 2.28. The van der Waals surface area contributed by atoms with Gasteiger partial charge in [-0.25, -0.2) is 0 Å². The molecule has 0 atom stereocenters. The fourth-order valence-corrected chi connectivity index (χ4v) is 4.83. The number of thiophene rings is 1. The Kier molecular flexibility index (Phi) is 3.61. The first-order chi connectivity index (χ1) is 12.3. The average Bonchev–Trinajstić information content (AvgIpc) is 3.08. The molecular formula is C21H20N2OS. The maximum atomic E-state index is 12.8. The second kappa shape index (κ2) is 5.97. The molecule has 0 spiro atoms. The van der Waals surface area contributed by atoms with Crippen molar-refractivity contribution in [2.75, 3.05) is 19.6 Å². The molecule has 3 aromatic rings. The summed E-state index contributed by atoms with van der Waals surface area (Å²) in [6.45, 7) is 3.87. The lowest BCUT2D eigenvalue weighted by Gasteiger charge is -2.46. The molecule has 1 fully saturated rings. The van der Waals surface area contributed by atoms with E-state index in [1.54, 1.807) is 4.88 Å². The first kappa shape index (κ1) is 15.1. The van der Waals surface area contributed by atoms with Gasteiger partial charge in [0, 0.05) is 42.7 Å². The molecule has 2 aliphatic rings. The van der Waals surface area contributed by atoms with Crippen LogP contribution in [0.5, 0.6) is 0 Å². The zero-order chi connectivity index (χ0) is 16.8. The Morgan fingerprint density at radius 3 is 2.76 bits per heavy atom. The van der Waals surface area contributed by atoms with E-state index in [0.717, 1.165) is 43.5 Å². The summed E-state index contributed by atoms with van der Waals surface area (Å²) in [5.74, 6) is 0.162. The van der Waals surface area contributed by atoms with Crippen molar-refractivity contribution in [1.82, 2.24) is 9.80 Å². The first-order valence-electron chi connectivity index (χ1n) is 8.85. The normalized spacial score (nSPS) is 18.2. The maximum Gasteiger partial charge on any atom is 0.253 e. The summed E-state index contributed by atoms with van der Waals surface area (Å²) in [6, 6.07) is 17.0. The Bertz CT molecular complexity index is 942. The molecule has 0 radical (unpaired) electrons. The number of carbonyl (C=O) groups excluding carboxylic acids is 1. The number of likely N-dealkylation sites (tertiary alicyclic amines) is 1. The van der Waals surface area contributed by atoms with Crippen LogP contribution in [0.3, 0.4) is 0 Å². The number of hydrogen-bond acceptors (Lipinski definition) is 3. The number of nitrogens with zero attached hydrogens (tertiary/aromatic N) is 2. The fourth-order valence-electron chi connectivity index (χ4n) is 3.94. The van der Waals surface area contributed by atoms with Gasteiger partial charge in [-0.3, -0.25) is 9.69 Å². The summed E-state index contributed by atoms with van der Waals surface area (Å²) in [4.78, 5) is 18.8. The van der Waals surface area contributed by atoms with Crippen LogP contribution in [0.4, 0.5) is 0 Å². The molecule has 126 valence electrons. The van der Waals surface area contributed by atoms with E-state index in [1.165, 1.54) is 10.9 Å². The van der Waals surface area contributed by atoms with Crippen LogP contribution in [-0.2, 0) is 13.0 Å². The van der Waals surface area contributed by atoms with E-state index in [4.69, 9.17) is 0 Å². The predicted molar refractivity (Wildman–Crippen MR) is 102 cm³/mol. The smallest absolute Gasteiger partial charge is 0.253 e. The minimum Gasteiger partial charge on any atom is -0.335 e. The van der Waals surface area contributed by atoms with E-state index in [9.17, 15) is 4.79 Å². The standard InChI is InChI=1S/C21H20N2OS/c24-21(17-6-5-15-3-1-2-4-16(15)11-17)23-13-19(14-23)22-9-7-20-18(12-22)8-10-25-20/h1-6,8,10-11,19H,7,9,12-14H2. The van der Waals surface area contributed by atoms with E-state index < -0.39 is 0 Å². The van der Waals surface area contributed by atoms with Gasteiger partial charge in [-0.05, 0) is 46.3 Å². The molecular weight excluding hydrogens is 328 g/mol. The van der Waals surface area contributed by atoms with E-state index in [-0.39, 0.29) is 5.91 Å². The molecule has 4 heteroatoms. The quantitative estimate of drug-likeness (QED) is 0.704.